The molecule has 0 bridgehead atoms. The number of H-pyrrole nitrogens is 1. The lowest BCUT2D eigenvalue weighted by molar-refractivity contribution is 0.530. The molecular weight excluding hydrogens is 272 g/mol. The molecule has 6 nitrogen and oxygen atoms in total. The summed E-state index contributed by atoms with van der Waals surface area (Å²) in [4.78, 5) is 1.22. The van der Waals surface area contributed by atoms with Crippen LogP contribution in [-0.4, -0.2) is 31.7 Å². The van der Waals surface area contributed by atoms with Crippen LogP contribution in [0, 0.1) is 0 Å². The molecule has 0 spiro atoms. The molecule has 20 heavy (non-hydrogen) atoms. The maximum absolute atomic E-state index is 4.14. The minimum atomic E-state index is 0.821. The second kappa shape index (κ2) is 6.44. The topological polar surface area (TPSA) is 71.4 Å². The first-order valence-electron chi connectivity index (χ1n) is 6.54. The summed E-state index contributed by atoms with van der Waals surface area (Å²) in [7, 11) is 0. The van der Waals surface area contributed by atoms with E-state index in [1.807, 2.05) is 17.1 Å². The van der Waals surface area contributed by atoms with Crippen molar-refractivity contribution in [1.82, 2.24) is 30.5 Å². The van der Waals surface area contributed by atoms with Crippen LogP contribution in [0.2, 0.25) is 0 Å². The summed E-state index contributed by atoms with van der Waals surface area (Å²) in [5.74, 6) is 0. The summed E-state index contributed by atoms with van der Waals surface area (Å²) in [6, 6.07) is 4.16. The molecule has 0 fully saturated rings. The van der Waals surface area contributed by atoms with E-state index < -0.39 is 0 Å². The lowest BCUT2D eigenvalue weighted by atomic mass is 10.2. The number of hydrogen-bond acceptors (Lipinski definition) is 5. The molecule has 0 radical (unpaired) electrons. The summed E-state index contributed by atoms with van der Waals surface area (Å²) >= 11 is 1.72. The van der Waals surface area contributed by atoms with Crippen molar-refractivity contribution >= 4 is 11.3 Å². The van der Waals surface area contributed by atoms with Crippen LogP contribution in [0.1, 0.15) is 12.0 Å². The highest BCUT2D eigenvalue weighted by Crippen LogP contribution is 2.25. The quantitative estimate of drug-likeness (QED) is 0.651. The van der Waals surface area contributed by atoms with Gasteiger partial charge < -0.3 is 5.32 Å². The summed E-state index contributed by atoms with van der Waals surface area (Å²) in [5, 5.41) is 20.4. The molecule has 3 aromatic rings. The van der Waals surface area contributed by atoms with Gasteiger partial charge in [-0.2, -0.15) is 5.10 Å². The number of aromatic amines is 1. The van der Waals surface area contributed by atoms with Gasteiger partial charge in [0.05, 0.1) is 23.0 Å². The molecule has 7 heteroatoms. The third kappa shape index (κ3) is 3.12. The molecule has 3 heterocycles. The molecule has 0 saturated carbocycles. The lowest BCUT2D eigenvalue weighted by Crippen LogP contribution is -2.16. The number of rotatable bonds is 7. The van der Waals surface area contributed by atoms with Crippen LogP contribution in [0.4, 0.5) is 0 Å². The van der Waals surface area contributed by atoms with Crippen LogP contribution in [0.25, 0.3) is 10.6 Å². The van der Waals surface area contributed by atoms with Gasteiger partial charge in [-0.15, -0.1) is 16.4 Å². The molecule has 3 rings (SSSR count). The average molecular weight is 288 g/mol. The van der Waals surface area contributed by atoms with Crippen LogP contribution < -0.4 is 5.32 Å². The molecule has 0 saturated heterocycles. The van der Waals surface area contributed by atoms with Gasteiger partial charge in [0.15, 0.2) is 0 Å². The summed E-state index contributed by atoms with van der Waals surface area (Å²) in [6.07, 6.45) is 6.49. The maximum atomic E-state index is 4.14. The molecule has 0 aliphatic carbocycles. The smallest absolute Gasteiger partial charge is 0.0794 e. The van der Waals surface area contributed by atoms with E-state index in [0.717, 1.165) is 31.7 Å². The van der Waals surface area contributed by atoms with Gasteiger partial charge in [0.2, 0.25) is 0 Å². The Balaban J connectivity index is 1.46. The summed E-state index contributed by atoms with van der Waals surface area (Å²) < 4.78 is 1.84. The zero-order chi connectivity index (χ0) is 13.6. The van der Waals surface area contributed by atoms with Crippen molar-refractivity contribution in [1.29, 1.82) is 0 Å². The largest absolute Gasteiger partial charge is 0.312 e. The lowest BCUT2D eigenvalue weighted by Gasteiger charge is -2.05. The highest BCUT2D eigenvalue weighted by molar-refractivity contribution is 7.13. The highest BCUT2D eigenvalue weighted by atomic mass is 32.1. The average Bonchev–Trinajstić information content (AvgIpc) is 3.20. The Morgan fingerprint density at radius 2 is 2.40 bits per heavy atom. The van der Waals surface area contributed by atoms with Crippen LogP contribution in [0.5, 0.6) is 0 Å². The van der Waals surface area contributed by atoms with Gasteiger partial charge in [0.25, 0.3) is 0 Å². The first-order valence-corrected chi connectivity index (χ1v) is 7.42. The van der Waals surface area contributed by atoms with Crippen molar-refractivity contribution in [3.63, 3.8) is 0 Å². The van der Waals surface area contributed by atoms with Gasteiger partial charge in [-0.3, -0.25) is 9.78 Å². The number of nitrogens with one attached hydrogen (secondary N) is 2. The standard InChI is InChI=1S/C13H16N6S/c1-3-12(20-8-1)13-11(10-16-17-13)9-14-4-2-6-19-7-5-15-18-19/h1,3,5,7-8,10,14H,2,4,6,9H2,(H,16,17). The van der Waals surface area contributed by atoms with E-state index in [1.165, 1.54) is 10.4 Å². The van der Waals surface area contributed by atoms with Crippen LogP contribution in [-0.2, 0) is 13.1 Å². The van der Waals surface area contributed by atoms with Crippen molar-refractivity contribution in [3.05, 3.63) is 41.7 Å². The fraction of sp³-hybridized carbons (Fsp3) is 0.308. The van der Waals surface area contributed by atoms with Crippen molar-refractivity contribution in [2.24, 2.45) is 0 Å². The van der Waals surface area contributed by atoms with Crippen LogP contribution in [0.3, 0.4) is 0 Å². The highest BCUT2D eigenvalue weighted by Gasteiger charge is 2.07. The Hall–Kier alpha value is -1.99. The maximum Gasteiger partial charge on any atom is 0.0794 e. The SMILES string of the molecule is c1csc(-c2[nH]ncc2CNCCCn2ccnn2)c1. The van der Waals surface area contributed by atoms with E-state index in [4.69, 9.17) is 0 Å². The Morgan fingerprint density at radius 1 is 1.40 bits per heavy atom. The Kier molecular flexibility index (Phi) is 4.19. The first kappa shape index (κ1) is 13.0. The van der Waals surface area contributed by atoms with E-state index in [1.54, 1.807) is 17.5 Å². The fourth-order valence-electron chi connectivity index (χ4n) is 2.02. The first-order chi connectivity index (χ1) is 9.93. The minimum Gasteiger partial charge on any atom is -0.312 e. The Bertz CT molecular complexity index is 613. The monoisotopic (exact) mass is 288 g/mol. The van der Waals surface area contributed by atoms with Crippen LogP contribution in [0.15, 0.2) is 36.1 Å². The van der Waals surface area contributed by atoms with E-state index >= 15 is 0 Å². The Labute approximate surface area is 120 Å². The fourth-order valence-corrected chi connectivity index (χ4v) is 2.78. The normalized spacial score (nSPS) is 11.0. The number of nitrogens with zero attached hydrogens (tertiary/aromatic N) is 4. The molecule has 0 aliphatic heterocycles. The molecular formula is C13H16N6S. The number of hydrogen-bond donors (Lipinski definition) is 2. The molecule has 0 aromatic carbocycles. The second-order valence-corrected chi connectivity index (χ2v) is 5.39. The molecule has 2 N–H and O–H groups in total. The van der Waals surface area contributed by atoms with Gasteiger partial charge in [-0.1, -0.05) is 11.3 Å². The number of aromatic nitrogens is 5. The van der Waals surface area contributed by atoms with Crippen molar-refractivity contribution in [2.45, 2.75) is 19.5 Å². The van der Waals surface area contributed by atoms with Gasteiger partial charge in [0.1, 0.15) is 0 Å². The zero-order valence-corrected chi connectivity index (χ0v) is 11.8. The van der Waals surface area contributed by atoms with Gasteiger partial charge in [-0.25, -0.2) is 0 Å². The zero-order valence-electron chi connectivity index (χ0n) is 11.0. The molecule has 0 amide bonds. The minimum absolute atomic E-state index is 0.821. The number of thiophene rings is 1. The van der Waals surface area contributed by atoms with E-state index in [9.17, 15) is 0 Å². The van der Waals surface area contributed by atoms with E-state index in [0.29, 0.717) is 0 Å². The van der Waals surface area contributed by atoms with Crippen LogP contribution >= 0.6 is 11.3 Å². The van der Waals surface area contributed by atoms with E-state index in [-0.39, 0.29) is 0 Å². The molecule has 0 atom stereocenters. The van der Waals surface area contributed by atoms with Gasteiger partial charge in [-0.05, 0) is 24.4 Å². The van der Waals surface area contributed by atoms with Gasteiger partial charge in [0, 0.05) is 24.8 Å². The molecule has 0 unspecified atom stereocenters. The van der Waals surface area contributed by atoms with Crippen molar-refractivity contribution in [3.8, 4) is 10.6 Å². The summed E-state index contributed by atoms with van der Waals surface area (Å²) in [6.45, 7) is 2.65. The van der Waals surface area contributed by atoms with Gasteiger partial charge >= 0.3 is 0 Å². The molecule has 0 aliphatic rings. The van der Waals surface area contributed by atoms with E-state index in [2.05, 4.69) is 43.3 Å². The third-order valence-electron chi connectivity index (χ3n) is 3.01. The third-order valence-corrected chi connectivity index (χ3v) is 3.90. The Morgan fingerprint density at radius 3 is 3.20 bits per heavy atom. The predicted octanol–water partition coefficient (Wildman–Crippen LogP) is 1.91. The number of aryl methyl sites for hydroxylation is 1. The molecule has 104 valence electrons. The second-order valence-electron chi connectivity index (χ2n) is 4.44. The molecule has 3 aromatic heterocycles. The predicted molar refractivity (Wildman–Crippen MR) is 78.2 cm³/mol. The summed E-state index contributed by atoms with van der Waals surface area (Å²) in [5.41, 5.74) is 2.32. The van der Waals surface area contributed by atoms with Crippen molar-refractivity contribution < 1.29 is 0 Å². The van der Waals surface area contributed by atoms with Crippen molar-refractivity contribution in [2.75, 3.05) is 6.54 Å².